The summed E-state index contributed by atoms with van der Waals surface area (Å²) in [5.74, 6) is -1.04. The number of nitrogens with one attached hydrogen (secondary N) is 2. The second-order valence-corrected chi connectivity index (χ2v) is 7.96. The molecule has 2 amide bonds. The van der Waals surface area contributed by atoms with Crippen LogP contribution in [0.2, 0.25) is 0 Å². The lowest BCUT2D eigenvalue weighted by molar-refractivity contribution is -0.139. The number of amides is 2. The van der Waals surface area contributed by atoms with Gasteiger partial charge in [-0.3, -0.25) is 14.5 Å². The first kappa shape index (κ1) is 17.2. The van der Waals surface area contributed by atoms with Gasteiger partial charge < -0.3 is 10.6 Å². The molecule has 1 atom stereocenters. The average molecular weight is 369 g/mol. The summed E-state index contributed by atoms with van der Waals surface area (Å²) in [6.45, 7) is 2.26. The Balaban J connectivity index is 1.43. The van der Waals surface area contributed by atoms with Gasteiger partial charge in [-0.1, -0.05) is 30.3 Å². The Bertz CT molecular complexity index is 786. The molecule has 26 heavy (non-hydrogen) atoms. The Labute approximate surface area is 157 Å². The average Bonchev–Trinajstić information content (AvgIpc) is 3.31. The molecule has 1 aromatic heterocycles. The van der Waals surface area contributed by atoms with Crippen molar-refractivity contribution in [2.45, 2.75) is 37.9 Å². The van der Waals surface area contributed by atoms with Gasteiger partial charge in [0.25, 0.3) is 0 Å². The van der Waals surface area contributed by atoms with Crippen molar-refractivity contribution in [2.75, 3.05) is 13.1 Å². The lowest BCUT2D eigenvalue weighted by Gasteiger charge is -2.35. The highest BCUT2D eigenvalue weighted by Gasteiger charge is 2.29. The molecule has 0 radical (unpaired) electrons. The Morgan fingerprint density at radius 1 is 1.12 bits per heavy atom. The SMILES string of the molecule is O=C(NCC(c1cccs1)N1CCc2ccccc2C1)C(=O)NC1CC1. The van der Waals surface area contributed by atoms with E-state index in [1.807, 2.05) is 6.07 Å². The van der Waals surface area contributed by atoms with Crippen molar-refractivity contribution < 1.29 is 9.59 Å². The predicted molar refractivity (Wildman–Crippen MR) is 102 cm³/mol. The summed E-state index contributed by atoms with van der Waals surface area (Å²) in [5, 5.41) is 7.64. The van der Waals surface area contributed by atoms with Crippen LogP contribution in [0.25, 0.3) is 0 Å². The van der Waals surface area contributed by atoms with Crippen LogP contribution in [-0.2, 0) is 22.6 Å². The summed E-state index contributed by atoms with van der Waals surface area (Å²) in [4.78, 5) is 27.6. The third kappa shape index (κ3) is 3.97. The first-order chi connectivity index (χ1) is 12.7. The Morgan fingerprint density at radius 3 is 2.65 bits per heavy atom. The molecule has 4 rings (SSSR count). The van der Waals surface area contributed by atoms with Crippen LogP contribution in [0.15, 0.2) is 41.8 Å². The monoisotopic (exact) mass is 369 g/mol. The summed E-state index contributed by atoms with van der Waals surface area (Å²) in [6.07, 6.45) is 2.96. The Kier molecular flexibility index (Phi) is 5.04. The number of carbonyl (C=O) groups is 2. The van der Waals surface area contributed by atoms with Gasteiger partial charge in [0, 0.05) is 30.6 Å². The number of rotatable bonds is 5. The van der Waals surface area contributed by atoms with Gasteiger partial charge in [0.1, 0.15) is 0 Å². The van der Waals surface area contributed by atoms with Crippen molar-refractivity contribution in [3.05, 3.63) is 57.8 Å². The molecule has 1 fully saturated rings. The standard InChI is InChI=1S/C20H23N3O2S/c24-19(20(25)22-16-7-8-16)21-12-17(18-6-3-11-26-18)23-10-9-14-4-1-2-5-15(14)13-23/h1-6,11,16-17H,7-10,12-13H2,(H,21,24)(H,22,25). The van der Waals surface area contributed by atoms with Crippen LogP contribution in [-0.4, -0.2) is 35.8 Å². The smallest absolute Gasteiger partial charge is 0.309 e. The van der Waals surface area contributed by atoms with Crippen LogP contribution in [0.4, 0.5) is 0 Å². The lowest BCUT2D eigenvalue weighted by Crippen LogP contribution is -2.45. The fraction of sp³-hybridized carbons (Fsp3) is 0.400. The predicted octanol–water partition coefficient (Wildman–Crippen LogP) is 2.24. The molecule has 1 saturated carbocycles. The van der Waals surface area contributed by atoms with Gasteiger partial charge >= 0.3 is 11.8 Å². The highest BCUT2D eigenvalue weighted by Crippen LogP contribution is 2.30. The molecule has 5 nitrogen and oxygen atoms in total. The highest BCUT2D eigenvalue weighted by atomic mass is 32.1. The third-order valence-corrected chi connectivity index (χ3v) is 6.02. The molecule has 2 N–H and O–H groups in total. The number of hydrogen-bond donors (Lipinski definition) is 2. The molecule has 2 aromatic rings. The summed E-state index contributed by atoms with van der Waals surface area (Å²) in [7, 11) is 0. The van der Waals surface area contributed by atoms with E-state index in [9.17, 15) is 9.59 Å². The number of fused-ring (bicyclic) bond motifs is 1. The molecule has 2 heterocycles. The molecule has 1 aliphatic carbocycles. The Hall–Kier alpha value is -2.18. The second kappa shape index (κ2) is 7.60. The summed E-state index contributed by atoms with van der Waals surface area (Å²) < 4.78 is 0. The summed E-state index contributed by atoms with van der Waals surface area (Å²) >= 11 is 1.69. The molecule has 0 bridgehead atoms. The van der Waals surface area contributed by atoms with Gasteiger partial charge in [-0.25, -0.2) is 0 Å². The quantitative estimate of drug-likeness (QED) is 0.795. The van der Waals surface area contributed by atoms with Gasteiger partial charge in [0.15, 0.2) is 0 Å². The van der Waals surface area contributed by atoms with E-state index in [-0.39, 0.29) is 12.1 Å². The minimum Gasteiger partial charge on any atom is -0.346 e. The van der Waals surface area contributed by atoms with Crippen LogP contribution in [0.5, 0.6) is 0 Å². The lowest BCUT2D eigenvalue weighted by atomic mass is 9.98. The minimum atomic E-state index is -0.532. The zero-order valence-electron chi connectivity index (χ0n) is 14.6. The number of hydrogen-bond acceptors (Lipinski definition) is 4. The van der Waals surface area contributed by atoms with Crippen LogP contribution in [0.1, 0.15) is 34.9 Å². The first-order valence-corrected chi connectivity index (χ1v) is 10.0. The van der Waals surface area contributed by atoms with Crippen molar-refractivity contribution in [1.82, 2.24) is 15.5 Å². The van der Waals surface area contributed by atoms with Crippen molar-refractivity contribution >= 4 is 23.2 Å². The second-order valence-electron chi connectivity index (χ2n) is 6.98. The van der Waals surface area contributed by atoms with E-state index in [0.717, 1.165) is 32.4 Å². The molecule has 0 saturated heterocycles. The van der Waals surface area contributed by atoms with Crippen LogP contribution in [0.3, 0.4) is 0 Å². The molecule has 1 aliphatic heterocycles. The van der Waals surface area contributed by atoms with Crippen molar-refractivity contribution in [3.8, 4) is 0 Å². The van der Waals surface area contributed by atoms with E-state index in [1.54, 1.807) is 11.3 Å². The van der Waals surface area contributed by atoms with Crippen molar-refractivity contribution in [3.63, 3.8) is 0 Å². The van der Waals surface area contributed by atoms with Gasteiger partial charge in [-0.2, -0.15) is 0 Å². The number of thiophene rings is 1. The maximum Gasteiger partial charge on any atom is 0.309 e. The first-order valence-electron chi connectivity index (χ1n) is 9.13. The zero-order valence-corrected chi connectivity index (χ0v) is 15.4. The molecule has 1 aromatic carbocycles. The fourth-order valence-corrected chi connectivity index (χ4v) is 4.28. The Morgan fingerprint density at radius 2 is 1.92 bits per heavy atom. The van der Waals surface area contributed by atoms with E-state index >= 15 is 0 Å². The molecule has 136 valence electrons. The molecular formula is C20H23N3O2S. The topological polar surface area (TPSA) is 61.4 Å². The fourth-order valence-electron chi connectivity index (χ4n) is 3.42. The van der Waals surface area contributed by atoms with E-state index in [4.69, 9.17) is 0 Å². The molecule has 1 unspecified atom stereocenters. The summed E-state index contributed by atoms with van der Waals surface area (Å²) in [6, 6.07) is 12.9. The van der Waals surface area contributed by atoms with Crippen molar-refractivity contribution in [1.29, 1.82) is 0 Å². The summed E-state index contributed by atoms with van der Waals surface area (Å²) in [5.41, 5.74) is 2.75. The minimum absolute atomic E-state index is 0.0843. The maximum absolute atomic E-state index is 12.1. The zero-order chi connectivity index (χ0) is 17.9. The van der Waals surface area contributed by atoms with Crippen LogP contribution < -0.4 is 10.6 Å². The number of carbonyl (C=O) groups excluding carboxylic acids is 2. The molecule has 0 spiro atoms. The number of nitrogens with zero attached hydrogens (tertiary/aromatic N) is 1. The van der Waals surface area contributed by atoms with Crippen LogP contribution in [0, 0.1) is 0 Å². The van der Waals surface area contributed by atoms with E-state index < -0.39 is 11.8 Å². The van der Waals surface area contributed by atoms with Gasteiger partial charge in [0.2, 0.25) is 0 Å². The van der Waals surface area contributed by atoms with Crippen molar-refractivity contribution in [2.24, 2.45) is 0 Å². The molecule has 2 aliphatic rings. The molecular weight excluding hydrogens is 346 g/mol. The van der Waals surface area contributed by atoms with E-state index in [0.29, 0.717) is 6.54 Å². The van der Waals surface area contributed by atoms with Gasteiger partial charge in [0.05, 0.1) is 6.04 Å². The van der Waals surface area contributed by atoms with E-state index in [1.165, 1.54) is 16.0 Å². The highest BCUT2D eigenvalue weighted by molar-refractivity contribution is 7.10. The van der Waals surface area contributed by atoms with Crippen LogP contribution >= 0.6 is 11.3 Å². The van der Waals surface area contributed by atoms with Gasteiger partial charge in [-0.15, -0.1) is 11.3 Å². The van der Waals surface area contributed by atoms with Gasteiger partial charge in [-0.05, 0) is 41.8 Å². The third-order valence-electron chi connectivity index (χ3n) is 5.05. The normalized spacial score (nSPS) is 18.0. The maximum atomic E-state index is 12.1. The van der Waals surface area contributed by atoms with E-state index in [2.05, 4.69) is 51.2 Å². The number of benzene rings is 1. The largest absolute Gasteiger partial charge is 0.346 e. The molecule has 6 heteroatoms.